The molecule has 0 fully saturated rings. The van der Waals surface area contributed by atoms with Gasteiger partial charge in [-0.05, 0) is 31.4 Å². The number of hydrogen-bond donors (Lipinski definition) is 1. The van der Waals surface area contributed by atoms with E-state index in [0.29, 0.717) is 5.17 Å². The molecule has 0 saturated carbocycles. The molecule has 1 aliphatic heterocycles. The highest BCUT2D eigenvalue weighted by Gasteiger charge is 2.07. The number of ether oxygens (including phenoxy) is 1. The minimum Gasteiger partial charge on any atom is -0.494 e. The first kappa shape index (κ1) is 15.9. The average Bonchev–Trinajstić information content (AvgIpc) is 2.53. The van der Waals surface area contributed by atoms with Gasteiger partial charge >= 0.3 is 0 Å². The Labute approximate surface area is 130 Å². The molecule has 21 heavy (non-hydrogen) atoms. The van der Waals surface area contributed by atoms with Crippen LogP contribution in [0, 0.1) is 0 Å². The lowest BCUT2D eigenvalue weighted by Crippen LogP contribution is -2.15. The number of amidine groups is 1. The number of rotatable bonds is 9. The molecular weight excluding hydrogens is 282 g/mol. The SMILES string of the molecule is NC1=NN=C(CCCCCCCOc2ccccc2)CS1. The van der Waals surface area contributed by atoms with E-state index >= 15 is 0 Å². The van der Waals surface area contributed by atoms with E-state index < -0.39 is 0 Å². The summed E-state index contributed by atoms with van der Waals surface area (Å²) in [6.45, 7) is 0.807. The van der Waals surface area contributed by atoms with Gasteiger partial charge in [0.25, 0.3) is 0 Å². The van der Waals surface area contributed by atoms with Crippen molar-refractivity contribution in [2.24, 2.45) is 15.9 Å². The molecule has 1 aromatic carbocycles. The molecule has 1 aliphatic rings. The van der Waals surface area contributed by atoms with E-state index in [9.17, 15) is 0 Å². The molecule has 0 bridgehead atoms. The van der Waals surface area contributed by atoms with E-state index in [4.69, 9.17) is 10.5 Å². The highest BCUT2D eigenvalue weighted by Crippen LogP contribution is 2.13. The molecule has 0 unspecified atom stereocenters. The molecule has 0 aromatic heterocycles. The number of hydrogen-bond acceptors (Lipinski definition) is 5. The first-order valence-corrected chi connectivity index (χ1v) is 8.52. The van der Waals surface area contributed by atoms with Crippen LogP contribution in [-0.4, -0.2) is 23.2 Å². The van der Waals surface area contributed by atoms with E-state index in [1.807, 2.05) is 30.3 Å². The summed E-state index contributed by atoms with van der Waals surface area (Å²) in [5.74, 6) is 1.87. The van der Waals surface area contributed by atoms with Gasteiger partial charge < -0.3 is 10.5 Å². The third-order valence-corrected chi connectivity index (χ3v) is 4.15. The molecule has 0 saturated heterocycles. The summed E-state index contributed by atoms with van der Waals surface area (Å²) in [5, 5.41) is 8.62. The average molecular weight is 305 g/mol. The Morgan fingerprint density at radius 1 is 1.00 bits per heavy atom. The lowest BCUT2D eigenvalue weighted by atomic mass is 10.1. The van der Waals surface area contributed by atoms with Crippen LogP contribution in [0.5, 0.6) is 5.75 Å². The van der Waals surface area contributed by atoms with Gasteiger partial charge in [0.05, 0.1) is 12.3 Å². The molecule has 0 radical (unpaired) electrons. The van der Waals surface area contributed by atoms with Gasteiger partial charge in [0.1, 0.15) is 5.75 Å². The second-order valence-electron chi connectivity index (χ2n) is 5.07. The predicted octanol–water partition coefficient (Wildman–Crippen LogP) is 3.82. The first-order chi connectivity index (χ1) is 10.3. The predicted molar refractivity (Wildman–Crippen MR) is 91.2 cm³/mol. The largest absolute Gasteiger partial charge is 0.494 e. The van der Waals surface area contributed by atoms with Crippen molar-refractivity contribution >= 4 is 22.6 Å². The van der Waals surface area contributed by atoms with Gasteiger partial charge in [-0.3, -0.25) is 0 Å². The maximum atomic E-state index is 5.67. The molecular formula is C16H23N3OS. The van der Waals surface area contributed by atoms with Crippen LogP contribution in [0.15, 0.2) is 40.5 Å². The number of nitrogens with two attached hydrogens (primary N) is 1. The van der Waals surface area contributed by atoms with E-state index in [-0.39, 0.29) is 0 Å². The molecule has 0 spiro atoms. The number of unbranched alkanes of at least 4 members (excludes halogenated alkanes) is 4. The Bertz CT molecular complexity index is 474. The minimum atomic E-state index is 0.581. The highest BCUT2D eigenvalue weighted by atomic mass is 32.2. The molecule has 5 heteroatoms. The Kier molecular flexibility index (Phi) is 7.15. The summed E-state index contributed by atoms with van der Waals surface area (Å²) in [6, 6.07) is 10.00. The maximum Gasteiger partial charge on any atom is 0.180 e. The molecule has 1 heterocycles. The van der Waals surface area contributed by atoms with Crippen LogP contribution in [-0.2, 0) is 0 Å². The van der Waals surface area contributed by atoms with Gasteiger partial charge in [-0.2, -0.15) is 5.10 Å². The Hall–Kier alpha value is -1.49. The van der Waals surface area contributed by atoms with Gasteiger partial charge in [-0.15, -0.1) is 5.10 Å². The van der Waals surface area contributed by atoms with Crippen LogP contribution in [0.3, 0.4) is 0 Å². The van der Waals surface area contributed by atoms with Crippen LogP contribution >= 0.6 is 11.8 Å². The van der Waals surface area contributed by atoms with E-state index in [1.54, 1.807) is 11.8 Å². The summed E-state index contributed by atoms with van der Waals surface area (Å²) >= 11 is 1.58. The van der Waals surface area contributed by atoms with Crippen molar-refractivity contribution in [1.82, 2.24) is 0 Å². The Morgan fingerprint density at radius 3 is 2.52 bits per heavy atom. The van der Waals surface area contributed by atoms with Gasteiger partial charge in [-0.25, -0.2) is 0 Å². The normalized spacial score (nSPS) is 14.5. The first-order valence-electron chi connectivity index (χ1n) is 7.54. The second-order valence-corrected chi connectivity index (χ2v) is 6.07. The summed E-state index contributed by atoms with van der Waals surface area (Å²) in [7, 11) is 0. The lowest BCUT2D eigenvalue weighted by Gasteiger charge is -2.08. The zero-order chi connectivity index (χ0) is 14.8. The van der Waals surface area contributed by atoms with Crippen molar-refractivity contribution in [3.8, 4) is 5.75 Å². The minimum absolute atomic E-state index is 0.581. The van der Waals surface area contributed by atoms with Gasteiger partial charge in [0.15, 0.2) is 5.17 Å². The van der Waals surface area contributed by atoms with Crippen molar-refractivity contribution in [2.75, 3.05) is 12.4 Å². The Balaban J connectivity index is 1.44. The van der Waals surface area contributed by atoms with E-state index in [2.05, 4.69) is 10.2 Å². The van der Waals surface area contributed by atoms with Crippen LogP contribution in [0.25, 0.3) is 0 Å². The summed E-state index contributed by atoms with van der Waals surface area (Å²) in [5.41, 5.74) is 6.72. The monoisotopic (exact) mass is 305 g/mol. The fourth-order valence-corrected chi connectivity index (χ4v) is 2.74. The van der Waals surface area contributed by atoms with Crippen LogP contribution in [0.4, 0.5) is 0 Å². The molecule has 0 atom stereocenters. The van der Waals surface area contributed by atoms with E-state index in [0.717, 1.165) is 31.0 Å². The van der Waals surface area contributed by atoms with Crippen molar-refractivity contribution in [1.29, 1.82) is 0 Å². The Morgan fingerprint density at radius 2 is 1.76 bits per heavy atom. The molecule has 2 N–H and O–H groups in total. The highest BCUT2D eigenvalue weighted by molar-refractivity contribution is 8.14. The quantitative estimate of drug-likeness (QED) is 0.705. The molecule has 0 amide bonds. The fraction of sp³-hybridized carbons (Fsp3) is 0.500. The third-order valence-electron chi connectivity index (χ3n) is 3.30. The molecule has 4 nitrogen and oxygen atoms in total. The zero-order valence-electron chi connectivity index (χ0n) is 12.3. The van der Waals surface area contributed by atoms with Gasteiger partial charge in [0, 0.05) is 5.75 Å². The van der Waals surface area contributed by atoms with Crippen molar-refractivity contribution < 1.29 is 4.74 Å². The molecule has 0 aliphatic carbocycles. The van der Waals surface area contributed by atoms with Crippen LogP contribution < -0.4 is 10.5 Å². The van der Waals surface area contributed by atoms with Gasteiger partial charge in [0.2, 0.25) is 0 Å². The number of para-hydroxylation sites is 1. The zero-order valence-corrected chi connectivity index (χ0v) is 13.1. The molecule has 114 valence electrons. The topological polar surface area (TPSA) is 60.0 Å². The van der Waals surface area contributed by atoms with Crippen LogP contribution in [0.1, 0.15) is 38.5 Å². The number of thioether (sulfide) groups is 1. The lowest BCUT2D eigenvalue weighted by molar-refractivity contribution is 0.304. The van der Waals surface area contributed by atoms with Crippen molar-refractivity contribution in [2.45, 2.75) is 38.5 Å². The fourth-order valence-electron chi connectivity index (χ4n) is 2.13. The summed E-state index contributed by atoms with van der Waals surface area (Å²) < 4.78 is 5.67. The third kappa shape index (κ3) is 6.67. The summed E-state index contributed by atoms with van der Waals surface area (Å²) in [6.07, 6.45) is 7.07. The van der Waals surface area contributed by atoms with Crippen LogP contribution in [0.2, 0.25) is 0 Å². The van der Waals surface area contributed by atoms with Crippen molar-refractivity contribution in [3.05, 3.63) is 30.3 Å². The van der Waals surface area contributed by atoms with E-state index in [1.165, 1.54) is 31.4 Å². The standard InChI is InChI=1S/C16H23N3OS/c17-16-19-18-14(13-21-16)9-5-2-1-3-8-12-20-15-10-6-4-7-11-15/h4,6-7,10-11H,1-3,5,8-9,12-13H2,(H2,17,19). The van der Waals surface area contributed by atoms with Gasteiger partial charge in [-0.1, -0.05) is 49.2 Å². The maximum absolute atomic E-state index is 5.67. The summed E-state index contributed by atoms with van der Waals surface area (Å²) in [4.78, 5) is 0. The van der Waals surface area contributed by atoms with Crippen molar-refractivity contribution in [3.63, 3.8) is 0 Å². The molecule has 1 aromatic rings. The number of nitrogens with zero attached hydrogens (tertiary/aromatic N) is 2. The smallest absolute Gasteiger partial charge is 0.180 e. The molecule has 2 rings (SSSR count). The number of benzene rings is 1. The second kappa shape index (κ2) is 9.45.